The van der Waals surface area contributed by atoms with Gasteiger partial charge in [-0.1, -0.05) is 29.8 Å². The summed E-state index contributed by atoms with van der Waals surface area (Å²) in [6.07, 6.45) is 1.89. The van der Waals surface area contributed by atoms with E-state index in [4.69, 9.17) is 25.8 Å². The monoisotopic (exact) mass is 649 g/mol. The standard InChI is InChI=1S/C35H40ClN3O7/c1-20(34(42)39-16-14-35(43,15-17-39)23-7-9-24(36)10-8-23)37-28-13-11-25-26(19-29(28)41)27(38-21(2)40)12-6-22-18-30(44-3)32(45-4)33(46-5)31(22)25/h7-11,13,18-20,27,43H,6,12,14-17H2,1-5H3,(H,37,41)(H,38,40). The molecule has 0 spiro atoms. The van der Waals surface area contributed by atoms with Crippen LogP contribution in [0.5, 0.6) is 17.2 Å². The van der Waals surface area contributed by atoms with E-state index in [9.17, 15) is 19.5 Å². The van der Waals surface area contributed by atoms with Gasteiger partial charge >= 0.3 is 0 Å². The summed E-state index contributed by atoms with van der Waals surface area (Å²) in [7, 11) is 4.64. The summed E-state index contributed by atoms with van der Waals surface area (Å²) in [6, 6.07) is 12.9. The third-order valence-corrected chi connectivity index (χ3v) is 9.19. The van der Waals surface area contributed by atoms with Crippen LogP contribution in [-0.2, 0) is 21.6 Å². The second kappa shape index (κ2) is 13.6. The van der Waals surface area contributed by atoms with E-state index in [1.165, 1.54) is 20.1 Å². The highest BCUT2D eigenvalue weighted by Gasteiger charge is 2.36. The molecule has 1 saturated heterocycles. The Hall–Kier alpha value is -4.28. The first-order valence-corrected chi connectivity index (χ1v) is 15.7. The first kappa shape index (κ1) is 33.1. The number of carbonyl (C=O) groups is 2. The zero-order valence-corrected chi connectivity index (χ0v) is 27.5. The third kappa shape index (κ3) is 6.50. The molecule has 46 heavy (non-hydrogen) atoms. The van der Waals surface area contributed by atoms with Gasteiger partial charge in [0.2, 0.25) is 23.0 Å². The number of nitrogens with zero attached hydrogens (tertiary/aromatic N) is 1. The maximum absolute atomic E-state index is 13.7. The predicted molar refractivity (Wildman–Crippen MR) is 177 cm³/mol. The van der Waals surface area contributed by atoms with Crippen molar-refractivity contribution in [3.63, 3.8) is 0 Å². The van der Waals surface area contributed by atoms with Crippen molar-refractivity contribution < 1.29 is 28.9 Å². The highest BCUT2D eigenvalue weighted by atomic mass is 35.5. The van der Waals surface area contributed by atoms with Gasteiger partial charge in [-0.25, -0.2) is 0 Å². The minimum Gasteiger partial charge on any atom is -0.493 e. The molecule has 2 atom stereocenters. The van der Waals surface area contributed by atoms with E-state index in [1.807, 2.05) is 24.3 Å². The molecule has 1 fully saturated rings. The fourth-order valence-electron chi connectivity index (χ4n) is 6.54. The summed E-state index contributed by atoms with van der Waals surface area (Å²) >= 11 is 6.02. The predicted octanol–water partition coefficient (Wildman–Crippen LogP) is 4.83. The fraction of sp³-hybridized carbons (Fsp3) is 0.400. The molecule has 2 unspecified atom stereocenters. The molecule has 2 aliphatic rings. The number of methoxy groups -OCH3 is 3. The van der Waals surface area contributed by atoms with Crippen LogP contribution in [0.4, 0.5) is 5.69 Å². The summed E-state index contributed by atoms with van der Waals surface area (Å²) in [5, 5.41) is 18.0. The maximum Gasteiger partial charge on any atom is 0.244 e. The Labute approximate surface area is 273 Å². The Bertz CT molecular complexity index is 1690. The molecule has 3 aromatic carbocycles. The Balaban J connectivity index is 1.45. The molecule has 244 valence electrons. The minimum absolute atomic E-state index is 0.175. The number of ether oxygens (including phenoxy) is 3. The lowest BCUT2D eigenvalue weighted by Gasteiger charge is -2.39. The van der Waals surface area contributed by atoms with E-state index in [1.54, 1.807) is 44.2 Å². The molecule has 11 heteroatoms. The number of hydrogen-bond donors (Lipinski definition) is 3. The largest absolute Gasteiger partial charge is 0.493 e. The van der Waals surface area contributed by atoms with E-state index < -0.39 is 17.7 Å². The Morgan fingerprint density at radius 3 is 2.28 bits per heavy atom. The maximum atomic E-state index is 13.7. The van der Waals surface area contributed by atoms with E-state index in [0.29, 0.717) is 72.2 Å². The van der Waals surface area contributed by atoms with Crippen molar-refractivity contribution in [1.29, 1.82) is 0 Å². The molecule has 0 bridgehead atoms. The van der Waals surface area contributed by atoms with E-state index in [0.717, 1.165) is 16.7 Å². The minimum atomic E-state index is -1.04. The van der Waals surface area contributed by atoms with Crippen molar-refractivity contribution in [3.05, 3.63) is 80.5 Å². The van der Waals surface area contributed by atoms with Crippen molar-refractivity contribution in [1.82, 2.24) is 10.2 Å². The van der Waals surface area contributed by atoms with Gasteiger partial charge < -0.3 is 34.9 Å². The van der Waals surface area contributed by atoms with Gasteiger partial charge in [0.05, 0.1) is 38.7 Å². The van der Waals surface area contributed by atoms with Crippen LogP contribution in [0.25, 0.3) is 11.1 Å². The van der Waals surface area contributed by atoms with Gasteiger partial charge in [0.1, 0.15) is 6.04 Å². The zero-order valence-electron chi connectivity index (χ0n) is 26.7. The molecule has 3 N–H and O–H groups in total. The van der Waals surface area contributed by atoms with Gasteiger partial charge in [-0.15, -0.1) is 0 Å². The lowest BCUT2D eigenvalue weighted by atomic mass is 9.84. The van der Waals surface area contributed by atoms with Gasteiger partial charge in [-0.3, -0.25) is 14.4 Å². The van der Waals surface area contributed by atoms with Crippen LogP contribution in [0.2, 0.25) is 5.02 Å². The molecule has 5 rings (SSSR count). The number of aliphatic hydroxyl groups is 1. The average molecular weight is 650 g/mol. The molecule has 1 aliphatic heterocycles. The number of aryl methyl sites for hydroxylation is 1. The molecule has 0 saturated carbocycles. The Kier molecular flexibility index (Phi) is 9.79. The third-order valence-electron chi connectivity index (χ3n) is 8.94. The van der Waals surface area contributed by atoms with Crippen LogP contribution in [-0.4, -0.2) is 62.3 Å². The summed E-state index contributed by atoms with van der Waals surface area (Å²) in [6.45, 7) is 3.90. The highest BCUT2D eigenvalue weighted by Crippen LogP contribution is 2.50. The topological polar surface area (TPSA) is 126 Å². The van der Waals surface area contributed by atoms with Crippen molar-refractivity contribution in [3.8, 4) is 28.4 Å². The Morgan fingerprint density at radius 1 is 1.00 bits per heavy atom. The van der Waals surface area contributed by atoms with Crippen LogP contribution < -0.4 is 30.3 Å². The number of carbonyl (C=O) groups excluding carboxylic acids is 2. The SMILES string of the molecule is COc1cc2c(c(OC)c1OC)-c1ccc(NC(C)C(=O)N3CCC(O)(c4ccc(Cl)cc4)CC3)c(=O)cc1C(NC(C)=O)CC2. The van der Waals surface area contributed by atoms with Crippen LogP contribution in [0.1, 0.15) is 55.8 Å². The van der Waals surface area contributed by atoms with Crippen LogP contribution >= 0.6 is 11.6 Å². The smallest absolute Gasteiger partial charge is 0.244 e. The number of anilines is 1. The second-order valence-corrected chi connectivity index (χ2v) is 12.3. The number of benzene rings is 2. The second-order valence-electron chi connectivity index (χ2n) is 11.8. The fourth-order valence-corrected chi connectivity index (χ4v) is 6.67. The number of hydrogen-bond acceptors (Lipinski definition) is 8. The van der Waals surface area contributed by atoms with Gasteiger partial charge in [0.15, 0.2) is 11.5 Å². The lowest BCUT2D eigenvalue weighted by Crippen LogP contribution is -2.49. The van der Waals surface area contributed by atoms with E-state index in [-0.39, 0.29) is 22.9 Å². The molecule has 1 aliphatic carbocycles. The number of fused-ring (bicyclic) bond motifs is 3. The van der Waals surface area contributed by atoms with Gasteiger partial charge in [0.25, 0.3) is 0 Å². The van der Waals surface area contributed by atoms with Crippen LogP contribution in [0.15, 0.2) is 53.3 Å². The van der Waals surface area contributed by atoms with Crippen LogP contribution in [0, 0.1) is 0 Å². The van der Waals surface area contributed by atoms with Crippen LogP contribution in [0.3, 0.4) is 0 Å². The van der Waals surface area contributed by atoms with Gasteiger partial charge in [-0.05, 0) is 85.2 Å². The number of piperidine rings is 1. The number of amides is 2. The summed E-state index contributed by atoms with van der Waals surface area (Å²) < 4.78 is 17.1. The first-order valence-electron chi connectivity index (χ1n) is 15.3. The summed E-state index contributed by atoms with van der Waals surface area (Å²) in [4.78, 5) is 41.2. The summed E-state index contributed by atoms with van der Waals surface area (Å²) in [5.74, 6) is 1.00. The highest BCUT2D eigenvalue weighted by molar-refractivity contribution is 6.30. The van der Waals surface area contributed by atoms with Crippen molar-refractivity contribution in [2.24, 2.45) is 0 Å². The van der Waals surface area contributed by atoms with E-state index in [2.05, 4.69) is 10.6 Å². The van der Waals surface area contributed by atoms with Crippen molar-refractivity contribution in [2.45, 2.75) is 57.2 Å². The normalized spacial score (nSPS) is 17.5. The number of halogens is 1. The molecular weight excluding hydrogens is 610 g/mol. The molecule has 3 aromatic rings. The first-order chi connectivity index (χ1) is 22.0. The summed E-state index contributed by atoms with van der Waals surface area (Å²) in [5.41, 5.74) is 2.65. The molecular formula is C35H40ClN3O7. The Morgan fingerprint density at radius 2 is 1.67 bits per heavy atom. The number of nitrogens with one attached hydrogen (secondary N) is 2. The van der Waals surface area contributed by atoms with Gasteiger partial charge in [0, 0.05) is 30.6 Å². The zero-order chi connectivity index (χ0) is 33.2. The number of rotatable bonds is 8. The molecule has 0 radical (unpaired) electrons. The van der Waals surface area contributed by atoms with Gasteiger partial charge in [-0.2, -0.15) is 0 Å². The molecule has 10 nitrogen and oxygen atoms in total. The molecule has 1 heterocycles. The number of likely N-dealkylation sites (tertiary alicyclic amines) is 1. The lowest BCUT2D eigenvalue weighted by molar-refractivity contribution is -0.136. The average Bonchev–Trinajstić information content (AvgIpc) is 3.28. The molecule has 0 aromatic heterocycles. The van der Waals surface area contributed by atoms with Crippen molar-refractivity contribution >= 4 is 29.1 Å². The quantitative estimate of drug-likeness (QED) is 0.317. The van der Waals surface area contributed by atoms with Crippen molar-refractivity contribution in [2.75, 3.05) is 39.7 Å². The molecule has 2 amide bonds. The van der Waals surface area contributed by atoms with E-state index >= 15 is 0 Å².